The maximum atomic E-state index is 11.7. The molecule has 1 atom stereocenters. The van der Waals surface area contributed by atoms with Gasteiger partial charge in [0.2, 0.25) is 0 Å². The normalized spacial score (nSPS) is 19.6. The SMILES string of the molecule is CCn1nc(-c2c[nH]c3ccccc23)nc1CN(C)[C@@H]1CCS(=O)(=O)C1. The summed E-state index contributed by atoms with van der Waals surface area (Å²) >= 11 is 0. The molecular weight excluding hydrogens is 350 g/mol. The fraction of sp³-hybridized carbons (Fsp3) is 0.444. The van der Waals surface area contributed by atoms with E-state index in [2.05, 4.69) is 21.0 Å². The predicted octanol–water partition coefficient (Wildman–Crippen LogP) is 2.07. The van der Waals surface area contributed by atoms with Gasteiger partial charge in [-0.1, -0.05) is 18.2 Å². The fourth-order valence-corrected chi connectivity index (χ4v) is 5.40. The van der Waals surface area contributed by atoms with Crippen molar-refractivity contribution in [1.29, 1.82) is 0 Å². The molecule has 1 saturated heterocycles. The Bertz CT molecular complexity index is 1040. The van der Waals surface area contributed by atoms with Crippen LogP contribution >= 0.6 is 0 Å². The van der Waals surface area contributed by atoms with Crippen LogP contribution in [0, 0.1) is 0 Å². The highest BCUT2D eigenvalue weighted by atomic mass is 32.2. The van der Waals surface area contributed by atoms with Crippen molar-refractivity contribution >= 4 is 20.7 Å². The topological polar surface area (TPSA) is 83.9 Å². The van der Waals surface area contributed by atoms with Crippen molar-refractivity contribution in [3.63, 3.8) is 0 Å². The van der Waals surface area contributed by atoms with Crippen molar-refractivity contribution in [2.45, 2.75) is 32.5 Å². The maximum absolute atomic E-state index is 11.7. The molecule has 2 aromatic heterocycles. The van der Waals surface area contributed by atoms with Gasteiger partial charge in [-0.25, -0.2) is 18.1 Å². The summed E-state index contributed by atoms with van der Waals surface area (Å²) in [6, 6.07) is 8.15. The number of fused-ring (bicyclic) bond motifs is 1. The van der Waals surface area contributed by atoms with Gasteiger partial charge in [0.1, 0.15) is 5.82 Å². The summed E-state index contributed by atoms with van der Waals surface area (Å²) in [7, 11) is -0.928. The first-order valence-electron chi connectivity index (χ1n) is 8.87. The molecule has 0 spiro atoms. The molecule has 1 aromatic carbocycles. The molecule has 4 rings (SSSR count). The van der Waals surface area contributed by atoms with Gasteiger partial charge in [-0.05, 0) is 26.5 Å². The van der Waals surface area contributed by atoms with Crippen LogP contribution in [0.15, 0.2) is 30.5 Å². The molecule has 3 heterocycles. The Hall–Kier alpha value is -2.19. The van der Waals surface area contributed by atoms with Crippen LogP contribution in [0.2, 0.25) is 0 Å². The van der Waals surface area contributed by atoms with Gasteiger partial charge in [0, 0.05) is 35.2 Å². The summed E-state index contributed by atoms with van der Waals surface area (Å²) < 4.78 is 25.4. The first-order chi connectivity index (χ1) is 12.5. The van der Waals surface area contributed by atoms with Crippen LogP contribution in [0.25, 0.3) is 22.3 Å². The molecule has 1 aliphatic rings. The smallest absolute Gasteiger partial charge is 0.183 e. The molecule has 1 fully saturated rings. The quantitative estimate of drug-likeness (QED) is 0.740. The standard InChI is InChI=1S/C18H23N5O2S/c1-3-23-17(11-22(2)13-8-9-26(24,25)12-13)20-18(21-23)15-10-19-16-7-5-4-6-14(15)16/h4-7,10,13,19H,3,8-9,11-12H2,1-2H3/t13-/m1/s1. The zero-order valence-corrected chi connectivity index (χ0v) is 15.8. The fourth-order valence-electron chi connectivity index (χ4n) is 3.59. The van der Waals surface area contributed by atoms with Crippen molar-refractivity contribution in [2.24, 2.45) is 0 Å². The van der Waals surface area contributed by atoms with E-state index in [9.17, 15) is 8.42 Å². The maximum Gasteiger partial charge on any atom is 0.183 e. The van der Waals surface area contributed by atoms with E-state index in [-0.39, 0.29) is 17.5 Å². The van der Waals surface area contributed by atoms with Crippen molar-refractivity contribution in [3.05, 3.63) is 36.3 Å². The molecule has 0 bridgehead atoms. The number of para-hydroxylation sites is 1. The second kappa shape index (κ2) is 6.51. The molecular formula is C18H23N5O2S. The number of sulfone groups is 1. The summed E-state index contributed by atoms with van der Waals surface area (Å²) in [6.07, 6.45) is 2.63. The van der Waals surface area contributed by atoms with Crippen LogP contribution in [0.4, 0.5) is 0 Å². The second-order valence-electron chi connectivity index (χ2n) is 6.89. The van der Waals surface area contributed by atoms with Crippen LogP contribution in [0.5, 0.6) is 0 Å². The number of H-pyrrole nitrogens is 1. The van der Waals surface area contributed by atoms with E-state index in [1.165, 1.54) is 0 Å². The molecule has 7 nitrogen and oxygen atoms in total. The molecule has 26 heavy (non-hydrogen) atoms. The zero-order chi connectivity index (χ0) is 18.3. The molecule has 0 aliphatic carbocycles. The molecule has 0 saturated carbocycles. The van der Waals surface area contributed by atoms with Crippen molar-refractivity contribution in [1.82, 2.24) is 24.6 Å². The number of rotatable bonds is 5. The van der Waals surface area contributed by atoms with Gasteiger partial charge in [-0.3, -0.25) is 4.90 Å². The molecule has 138 valence electrons. The van der Waals surface area contributed by atoms with Gasteiger partial charge in [0.15, 0.2) is 15.7 Å². The van der Waals surface area contributed by atoms with Crippen LogP contribution in [0.1, 0.15) is 19.2 Å². The minimum absolute atomic E-state index is 0.0542. The number of aromatic nitrogens is 4. The average molecular weight is 373 g/mol. The minimum Gasteiger partial charge on any atom is -0.360 e. The van der Waals surface area contributed by atoms with Crippen LogP contribution in [-0.2, 0) is 22.9 Å². The Morgan fingerprint density at radius 3 is 2.88 bits per heavy atom. The van der Waals surface area contributed by atoms with Crippen LogP contribution < -0.4 is 0 Å². The Morgan fingerprint density at radius 1 is 1.35 bits per heavy atom. The van der Waals surface area contributed by atoms with Gasteiger partial charge < -0.3 is 4.98 Å². The highest BCUT2D eigenvalue weighted by molar-refractivity contribution is 7.91. The van der Waals surface area contributed by atoms with Crippen molar-refractivity contribution in [3.8, 4) is 11.4 Å². The Labute approximate surface area is 153 Å². The first kappa shape index (κ1) is 17.2. The number of nitrogens with zero attached hydrogens (tertiary/aromatic N) is 4. The van der Waals surface area contributed by atoms with Crippen molar-refractivity contribution in [2.75, 3.05) is 18.6 Å². The van der Waals surface area contributed by atoms with Gasteiger partial charge in [-0.15, -0.1) is 0 Å². The summed E-state index contributed by atoms with van der Waals surface area (Å²) in [5.74, 6) is 2.08. The monoisotopic (exact) mass is 373 g/mol. The third-order valence-corrected chi connectivity index (χ3v) is 6.85. The van der Waals surface area contributed by atoms with E-state index < -0.39 is 9.84 Å². The van der Waals surface area contributed by atoms with Gasteiger partial charge >= 0.3 is 0 Å². The highest BCUT2D eigenvalue weighted by Gasteiger charge is 2.31. The number of benzene rings is 1. The number of nitrogens with one attached hydrogen (secondary N) is 1. The number of hydrogen-bond acceptors (Lipinski definition) is 5. The van der Waals surface area contributed by atoms with E-state index >= 15 is 0 Å². The first-order valence-corrected chi connectivity index (χ1v) is 10.7. The summed E-state index contributed by atoms with van der Waals surface area (Å²) in [4.78, 5) is 10.1. The molecule has 1 N–H and O–H groups in total. The lowest BCUT2D eigenvalue weighted by atomic mass is 10.2. The third kappa shape index (κ3) is 3.14. The van der Waals surface area contributed by atoms with Crippen LogP contribution in [-0.4, -0.2) is 57.7 Å². The second-order valence-corrected chi connectivity index (χ2v) is 9.12. The summed E-state index contributed by atoms with van der Waals surface area (Å²) in [5.41, 5.74) is 2.05. The largest absolute Gasteiger partial charge is 0.360 e. The van der Waals surface area contributed by atoms with Gasteiger partial charge in [0.25, 0.3) is 0 Å². The van der Waals surface area contributed by atoms with E-state index in [4.69, 9.17) is 4.98 Å². The number of hydrogen-bond donors (Lipinski definition) is 1. The number of aryl methyl sites for hydroxylation is 1. The van der Waals surface area contributed by atoms with Gasteiger partial charge in [-0.2, -0.15) is 5.10 Å². The predicted molar refractivity (Wildman–Crippen MR) is 102 cm³/mol. The lowest BCUT2D eigenvalue weighted by Crippen LogP contribution is -2.33. The lowest BCUT2D eigenvalue weighted by Gasteiger charge is -2.22. The highest BCUT2D eigenvalue weighted by Crippen LogP contribution is 2.27. The minimum atomic E-state index is -2.89. The van der Waals surface area contributed by atoms with Crippen LogP contribution in [0.3, 0.4) is 0 Å². The number of aromatic amines is 1. The van der Waals surface area contributed by atoms with E-state index in [1.54, 1.807) is 0 Å². The molecule has 0 radical (unpaired) electrons. The molecule has 8 heteroatoms. The van der Waals surface area contributed by atoms with E-state index in [0.29, 0.717) is 18.8 Å². The van der Waals surface area contributed by atoms with Gasteiger partial charge in [0.05, 0.1) is 18.1 Å². The Balaban J connectivity index is 1.62. The average Bonchev–Trinajstić information content (AvgIpc) is 3.30. The Kier molecular flexibility index (Phi) is 4.32. The molecule has 0 amide bonds. The molecule has 3 aromatic rings. The third-order valence-electron chi connectivity index (χ3n) is 5.10. The molecule has 0 unspecified atom stereocenters. The lowest BCUT2D eigenvalue weighted by molar-refractivity contribution is 0.243. The van der Waals surface area contributed by atoms with E-state index in [1.807, 2.05) is 43.0 Å². The molecule has 1 aliphatic heterocycles. The van der Waals surface area contributed by atoms with Crippen molar-refractivity contribution < 1.29 is 8.42 Å². The van der Waals surface area contributed by atoms with E-state index in [0.717, 1.165) is 28.8 Å². The summed E-state index contributed by atoms with van der Waals surface area (Å²) in [5, 5.41) is 5.77. The zero-order valence-electron chi connectivity index (χ0n) is 15.0. The Morgan fingerprint density at radius 2 is 2.15 bits per heavy atom. The summed E-state index contributed by atoms with van der Waals surface area (Å²) in [6.45, 7) is 3.35.